The molecule has 0 saturated heterocycles. The molecule has 0 unspecified atom stereocenters. The summed E-state index contributed by atoms with van der Waals surface area (Å²) in [4.78, 5) is 25.0. The van der Waals surface area contributed by atoms with Crippen LogP contribution in [0.3, 0.4) is 0 Å². The van der Waals surface area contributed by atoms with Crippen molar-refractivity contribution in [3.05, 3.63) is 76.8 Å². The van der Waals surface area contributed by atoms with Crippen LogP contribution in [0.25, 0.3) is 0 Å². The summed E-state index contributed by atoms with van der Waals surface area (Å²) in [7, 11) is 0. The van der Waals surface area contributed by atoms with E-state index in [4.69, 9.17) is 11.6 Å². The van der Waals surface area contributed by atoms with E-state index in [1.807, 2.05) is 31.2 Å². The van der Waals surface area contributed by atoms with Gasteiger partial charge < -0.3 is 10.6 Å². The first kappa shape index (κ1) is 16.9. The lowest BCUT2D eigenvalue weighted by Crippen LogP contribution is -2.24. The smallest absolute Gasteiger partial charge is 0.270 e. The molecule has 1 amide bonds. The zero-order chi connectivity index (χ0) is 17.6. The second-order valence-electron chi connectivity index (χ2n) is 5.40. The molecule has 0 bridgehead atoms. The summed E-state index contributed by atoms with van der Waals surface area (Å²) in [5.74, 6) is 0.0669. The lowest BCUT2D eigenvalue weighted by Gasteiger charge is -2.09. The van der Waals surface area contributed by atoms with Crippen molar-refractivity contribution in [3.63, 3.8) is 0 Å². The van der Waals surface area contributed by atoms with Gasteiger partial charge in [0.15, 0.2) is 0 Å². The molecule has 2 aromatic heterocycles. The van der Waals surface area contributed by atoms with Gasteiger partial charge in [-0.2, -0.15) is 0 Å². The molecular formula is C18H16ClN5O. The summed E-state index contributed by atoms with van der Waals surface area (Å²) in [5.41, 5.74) is 2.64. The van der Waals surface area contributed by atoms with Gasteiger partial charge in [-0.15, -0.1) is 0 Å². The van der Waals surface area contributed by atoms with Crippen molar-refractivity contribution < 1.29 is 4.79 Å². The monoisotopic (exact) mass is 353 g/mol. The average molecular weight is 354 g/mol. The predicted octanol–water partition coefficient (Wildman–Crippen LogP) is 3.51. The maximum absolute atomic E-state index is 12.4. The number of amides is 1. The second-order valence-corrected chi connectivity index (χ2v) is 5.83. The molecule has 0 aliphatic rings. The highest BCUT2D eigenvalue weighted by Gasteiger charge is 2.11. The van der Waals surface area contributed by atoms with Crippen molar-refractivity contribution in [2.75, 3.05) is 5.32 Å². The lowest BCUT2D eigenvalue weighted by molar-refractivity contribution is 0.0945. The Bertz CT molecular complexity index is 886. The van der Waals surface area contributed by atoms with Crippen molar-refractivity contribution in [2.24, 2.45) is 0 Å². The summed E-state index contributed by atoms with van der Waals surface area (Å²) in [6, 6.07) is 12.6. The minimum atomic E-state index is -0.275. The van der Waals surface area contributed by atoms with Gasteiger partial charge in [0.25, 0.3) is 5.91 Å². The average Bonchev–Trinajstić information content (AvgIpc) is 2.60. The Morgan fingerprint density at radius 3 is 2.80 bits per heavy atom. The van der Waals surface area contributed by atoms with Gasteiger partial charge in [0.05, 0.1) is 0 Å². The minimum Gasteiger partial charge on any atom is -0.347 e. The fraction of sp³-hybridized carbons (Fsp3) is 0.111. The normalized spacial score (nSPS) is 10.3. The van der Waals surface area contributed by atoms with E-state index in [1.165, 1.54) is 0 Å². The van der Waals surface area contributed by atoms with Crippen molar-refractivity contribution in [2.45, 2.75) is 13.5 Å². The number of halogens is 1. The van der Waals surface area contributed by atoms with Crippen LogP contribution in [0.4, 0.5) is 11.6 Å². The van der Waals surface area contributed by atoms with E-state index in [2.05, 4.69) is 25.6 Å². The molecule has 0 fully saturated rings. The largest absolute Gasteiger partial charge is 0.347 e. The Balaban J connectivity index is 1.73. The number of pyridine rings is 1. The first-order valence-corrected chi connectivity index (χ1v) is 8.03. The Morgan fingerprint density at radius 1 is 1.16 bits per heavy atom. The van der Waals surface area contributed by atoms with Crippen LogP contribution >= 0.6 is 11.6 Å². The summed E-state index contributed by atoms with van der Waals surface area (Å²) in [6.45, 7) is 2.19. The Hall–Kier alpha value is -2.99. The zero-order valence-corrected chi connectivity index (χ0v) is 14.3. The van der Waals surface area contributed by atoms with E-state index in [1.54, 1.807) is 30.6 Å². The molecular weight excluding hydrogens is 338 g/mol. The number of aryl methyl sites for hydroxylation is 1. The summed E-state index contributed by atoms with van der Waals surface area (Å²) in [6.07, 6.45) is 3.39. The third-order valence-corrected chi connectivity index (χ3v) is 3.58. The van der Waals surface area contributed by atoms with Crippen LogP contribution in [0.1, 0.15) is 21.7 Å². The Morgan fingerprint density at radius 2 is 2.04 bits per heavy atom. The number of hydrogen-bond acceptors (Lipinski definition) is 5. The van der Waals surface area contributed by atoms with Crippen LogP contribution in [-0.2, 0) is 6.54 Å². The van der Waals surface area contributed by atoms with Crippen molar-refractivity contribution in [1.82, 2.24) is 20.3 Å². The summed E-state index contributed by atoms with van der Waals surface area (Å²) < 4.78 is 0. The van der Waals surface area contributed by atoms with Crippen LogP contribution in [0.5, 0.6) is 0 Å². The molecule has 6 nitrogen and oxygen atoms in total. The first-order chi connectivity index (χ1) is 12.1. The molecule has 25 heavy (non-hydrogen) atoms. The molecule has 0 atom stereocenters. The molecule has 2 N–H and O–H groups in total. The van der Waals surface area contributed by atoms with E-state index in [0.717, 1.165) is 11.3 Å². The highest BCUT2D eigenvalue weighted by Crippen LogP contribution is 2.18. The molecule has 0 aliphatic carbocycles. The molecule has 3 aromatic rings. The number of hydrogen-bond donors (Lipinski definition) is 2. The fourth-order valence-corrected chi connectivity index (χ4v) is 2.40. The van der Waals surface area contributed by atoms with E-state index in [0.29, 0.717) is 28.9 Å². The number of aromatic nitrogens is 3. The number of benzene rings is 1. The first-order valence-electron chi connectivity index (χ1n) is 7.65. The number of carbonyl (C=O) groups is 1. The van der Waals surface area contributed by atoms with Crippen molar-refractivity contribution >= 4 is 29.1 Å². The summed E-state index contributed by atoms with van der Waals surface area (Å²) >= 11 is 5.97. The molecule has 7 heteroatoms. The molecule has 2 heterocycles. The molecule has 0 spiro atoms. The van der Waals surface area contributed by atoms with Crippen LogP contribution in [0.2, 0.25) is 5.02 Å². The molecule has 3 rings (SSSR count). The maximum Gasteiger partial charge on any atom is 0.270 e. The lowest BCUT2D eigenvalue weighted by atomic mass is 10.2. The van der Waals surface area contributed by atoms with E-state index in [-0.39, 0.29) is 5.91 Å². The Labute approximate surface area is 150 Å². The summed E-state index contributed by atoms with van der Waals surface area (Å²) in [5, 5.41) is 6.49. The fourth-order valence-electron chi connectivity index (χ4n) is 2.21. The molecule has 0 aliphatic heterocycles. The van der Waals surface area contributed by atoms with Crippen LogP contribution in [0, 0.1) is 6.92 Å². The molecule has 0 radical (unpaired) electrons. The van der Waals surface area contributed by atoms with Crippen LogP contribution in [0.15, 0.2) is 54.9 Å². The molecule has 0 saturated carbocycles. The van der Waals surface area contributed by atoms with E-state index in [9.17, 15) is 4.79 Å². The predicted molar refractivity (Wildman–Crippen MR) is 96.9 cm³/mol. The van der Waals surface area contributed by atoms with Crippen LogP contribution < -0.4 is 10.6 Å². The molecule has 126 valence electrons. The standard InChI is InChI=1S/C18H16ClN5O/c1-12-8-16(17(25)21-11-13-4-3-7-20-10-13)24-18(22-12)23-15-6-2-5-14(19)9-15/h2-10H,11H2,1H3,(H,21,25)(H,22,23,24). The number of rotatable bonds is 5. The van der Waals surface area contributed by atoms with E-state index < -0.39 is 0 Å². The van der Waals surface area contributed by atoms with Gasteiger partial charge in [-0.3, -0.25) is 9.78 Å². The zero-order valence-electron chi connectivity index (χ0n) is 13.5. The van der Waals surface area contributed by atoms with Crippen molar-refractivity contribution in [3.8, 4) is 0 Å². The molecule has 1 aromatic carbocycles. The topological polar surface area (TPSA) is 79.8 Å². The van der Waals surface area contributed by atoms with Gasteiger partial charge in [0.1, 0.15) is 5.69 Å². The third kappa shape index (κ3) is 4.74. The third-order valence-electron chi connectivity index (χ3n) is 3.34. The highest BCUT2D eigenvalue weighted by atomic mass is 35.5. The van der Waals surface area contributed by atoms with E-state index >= 15 is 0 Å². The quantitative estimate of drug-likeness (QED) is 0.733. The van der Waals surface area contributed by atoms with Crippen molar-refractivity contribution in [1.29, 1.82) is 0 Å². The Kier molecular flexibility index (Phi) is 5.20. The van der Waals surface area contributed by atoms with Crippen LogP contribution in [-0.4, -0.2) is 20.9 Å². The van der Waals surface area contributed by atoms with Gasteiger partial charge in [-0.05, 0) is 42.8 Å². The van der Waals surface area contributed by atoms with Gasteiger partial charge in [0.2, 0.25) is 5.95 Å². The van der Waals surface area contributed by atoms with Gasteiger partial charge in [-0.25, -0.2) is 9.97 Å². The number of carbonyl (C=O) groups excluding carboxylic acids is 1. The SMILES string of the molecule is Cc1cc(C(=O)NCc2cccnc2)nc(Nc2cccc(Cl)c2)n1. The number of nitrogens with one attached hydrogen (secondary N) is 2. The minimum absolute atomic E-state index is 0.275. The van der Waals surface area contributed by atoms with Gasteiger partial charge in [0, 0.05) is 35.3 Å². The maximum atomic E-state index is 12.4. The highest BCUT2D eigenvalue weighted by molar-refractivity contribution is 6.30. The van der Waals surface area contributed by atoms with Gasteiger partial charge >= 0.3 is 0 Å². The second kappa shape index (κ2) is 7.72. The number of anilines is 2. The number of nitrogens with zero attached hydrogens (tertiary/aromatic N) is 3. The van der Waals surface area contributed by atoms with Gasteiger partial charge in [-0.1, -0.05) is 23.7 Å².